The number of hydrogen-bond acceptors (Lipinski definition) is 3. The fourth-order valence-electron chi connectivity index (χ4n) is 1.79. The van der Waals surface area contributed by atoms with Gasteiger partial charge in [-0.1, -0.05) is 6.07 Å². The Labute approximate surface area is 102 Å². The van der Waals surface area contributed by atoms with Crippen LogP contribution in [-0.4, -0.2) is 22.6 Å². The van der Waals surface area contributed by atoms with E-state index in [4.69, 9.17) is 0 Å². The molecule has 1 aromatic carbocycles. The summed E-state index contributed by atoms with van der Waals surface area (Å²) in [7, 11) is 1.73. The zero-order valence-electron chi connectivity index (χ0n) is 10.2. The average Bonchev–Trinajstić information content (AvgIpc) is 2.33. The lowest BCUT2D eigenvalue weighted by Gasteiger charge is -2.12. The molecule has 18 heavy (non-hydrogen) atoms. The van der Waals surface area contributed by atoms with Crippen LogP contribution >= 0.6 is 0 Å². The molecule has 2 rings (SSSR count). The van der Waals surface area contributed by atoms with Crippen LogP contribution in [0.3, 0.4) is 0 Å². The molecule has 0 bridgehead atoms. The molecule has 1 heterocycles. The number of nitrogens with one attached hydrogen (secondary N) is 2. The van der Waals surface area contributed by atoms with Gasteiger partial charge in [0.15, 0.2) is 0 Å². The Kier molecular flexibility index (Phi) is 3.29. The van der Waals surface area contributed by atoms with Gasteiger partial charge in [-0.25, -0.2) is 9.18 Å². The molecule has 0 saturated carbocycles. The number of hydrogen-bond donors (Lipinski definition) is 2. The third-order valence-electron chi connectivity index (χ3n) is 2.91. The van der Waals surface area contributed by atoms with Gasteiger partial charge >= 0.3 is 5.69 Å². The van der Waals surface area contributed by atoms with Crippen molar-refractivity contribution in [3.05, 3.63) is 44.9 Å². The first-order chi connectivity index (χ1) is 8.54. The second-order valence-electron chi connectivity index (χ2n) is 4.20. The van der Waals surface area contributed by atoms with E-state index in [0.29, 0.717) is 0 Å². The van der Waals surface area contributed by atoms with Crippen molar-refractivity contribution in [2.45, 2.75) is 19.5 Å². The van der Waals surface area contributed by atoms with Crippen LogP contribution in [0.25, 0.3) is 10.9 Å². The Morgan fingerprint density at radius 2 is 2.17 bits per heavy atom. The van der Waals surface area contributed by atoms with Crippen molar-refractivity contribution < 1.29 is 4.39 Å². The van der Waals surface area contributed by atoms with Crippen molar-refractivity contribution in [2.24, 2.45) is 0 Å². The largest absolute Gasteiger partial charge is 0.328 e. The molecule has 96 valence electrons. The Morgan fingerprint density at radius 3 is 2.83 bits per heavy atom. The highest BCUT2D eigenvalue weighted by Gasteiger charge is 2.12. The summed E-state index contributed by atoms with van der Waals surface area (Å²) in [5.41, 5.74) is -0.910. The van der Waals surface area contributed by atoms with Crippen LogP contribution in [0, 0.1) is 5.82 Å². The Balaban J connectivity index is 2.72. The second kappa shape index (κ2) is 4.73. The van der Waals surface area contributed by atoms with E-state index in [0.717, 1.165) is 4.57 Å². The number of benzene rings is 1. The van der Waals surface area contributed by atoms with Gasteiger partial charge in [0.05, 0.1) is 10.9 Å². The van der Waals surface area contributed by atoms with Gasteiger partial charge in [0.2, 0.25) is 0 Å². The number of aromatic nitrogens is 2. The first-order valence-corrected chi connectivity index (χ1v) is 5.63. The van der Waals surface area contributed by atoms with E-state index in [9.17, 15) is 14.0 Å². The minimum atomic E-state index is -0.625. The van der Waals surface area contributed by atoms with Gasteiger partial charge in [-0.15, -0.1) is 0 Å². The summed E-state index contributed by atoms with van der Waals surface area (Å²) in [5.74, 6) is -0.625. The molecule has 0 fully saturated rings. The van der Waals surface area contributed by atoms with Crippen LogP contribution in [0.4, 0.5) is 4.39 Å². The standard InChI is InChI=1S/C12H14FN3O2/c1-7(14-2)6-16-11(17)10-8(13)4-3-5-9(10)15-12(16)18/h3-5,7,14H,6H2,1-2H3,(H,15,18). The molecule has 0 radical (unpaired) electrons. The molecule has 1 unspecified atom stereocenters. The number of likely N-dealkylation sites (N-methyl/N-ethyl adjacent to an activating group) is 1. The van der Waals surface area contributed by atoms with Crippen molar-refractivity contribution in [2.75, 3.05) is 7.05 Å². The molecular formula is C12H14FN3O2. The number of aromatic amines is 1. The van der Waals surface area contributed by atoms with E-state index >= 15 is 0 Å². The maximum atomic E-state index is 13.6. The minimum absolute atomic E-state index is 0.0620. The SMILES string of the molecule is CNC(C)Cn1c(=O)[nH]c2cccc(F)c2c1=O. The van der Waals surface area contributed by atoms with Crippen LogP contribution in [0.5, 0.6) is 0 Å². The highest BCUT2D eigenvalue weighted by atomic mass is 19.1. The summed E-state index contributed by atoms with van der Waals surface area (Å²) in [4.78, 5) is 26.4. The van der Waals surface area contributed by atoms with E-state index < -0.39 is 17.1 Å². The monoisotopic (exact) mass is 251 g/mol. The van der Waals surface area contributed by atoms with Crippen LogP contribution in [0.1, 0.15) is 6.92 Å². The lowest BCUT2D eigenvalue weighted by molar-refractivity contribution is 0.491. The number of rotatable bonds is 3. The van der Waals surface area contributed by atoms with Gasteiger partial charge in [-0.3, -0.25) is 9.36 Å². The number of H-pyrrole nitrogens is 1. The second-order valence-corrected chi connectivity index (χ2v) is 4.20. The van der Waals surface area contributed by atoms with Crippen molar-refractivity contribution in [3.8, 4) is 0 Å². The van der Waals surface area contributed by atoms with Crippen molar-refractivity contribution >= 4 is 10.9 Å². The molecule has 0 spiro atoms. The molecule has 5 nitrogen and oxygen atoms in total. The summed E-state index contributed by atoms with van der Waals surface area (Å²) >= 11 is 0. The molecule has 1 atom stereocenters. The summed E-state index contributed by atoms with van der Waals surface area (Å²) < 4.78 is 14.6. The molecule has 0 amide bonds. The summed E-state index contributed by atoms with van der Waals surface area (Å²) in [6.45, 7) is 2.02. The van der Waals surface area contributed by atoms with E-state index in [-0.39, 0.29) is 23.5 Å². The van der Waals surface area contributed by atoms with Gasteiger partial charge in [-0.2, -0.15) is 0 Å². The maximum Gasteiger partial charge on any atom is 0.328 e. The minimum Gasteiger partial charge on any atom is -0.315 e. The maximum absolute atomic E-state index is 13.6. The number of halogens is 1. The first-order valence-electron chi connectivity index (χ1n) is 5.63. The molecule has 6 heteroatoms. The Morgan fingerprint density at radius 1 is 1.44 bits per heavy atom. The molecule has 0 aliphatic carbocycles. The third-order valence-corrected chi connectivity index (χ3v) is 2.91. The van der Waals surface area contributed by atoms with Crippen LogP contribution < -0.4 is 16.6 Å². The van der Waals surface area contributed by atoms with Gasteiger partial charge in [0, 0.05) is 12.6 Å². The molecule has 1 aromatic heterocycles. The molecule has 2 aromatic rings. The molecule has 0 saturated heterocycles. The number of fused-ring (bicyclic) bond motifs is 1. The Bertz CT molecular complexity index is 690. The molecular weight excluding hydrogens is 237 g/mol. The van der Waals surface area contributed by atoms with Crippen molar-refractivity contribution in [1.82, 2.24) is 14.9 Å². The predicted octanol–water partition coefficient (Wildman–Crippen LogP) is 0.437. The normalized spacial score (nSPS) is 12.8. The van der Waals surface area contributed by atoms with Crippen LogP contribution in [-0.2, 0) is 6.54 Å². The highest BCUT2D eigenvalue weighted by molar-refractivity contribution is 5.77. The van der Waals surface area contributed by atoms with E-state index in [1.54, 1.807) is 7.05 Å². The van der Waals surface area contributed by atoms with Crippen molar-refractivity contribution in [3.63, 3.8) is 0 Å². The van der Waals surface area contributed by atoms with Gasteiger partial charge in [0.1, 0.15) is 5.82 Å². The third kappa shape index (κ3) is 2.06. The van der Waals surface area contributed by atoms with Gasteiger partial charge in [0.25, 0.3) is 5.56 Å². The summed E-state index contributed by atoms with van der Waals surface area (Å²) in [6.07, 6.45) is 0. The van der Waals surface area contributed by atoms with Gasteiger partial charge < -0.3 is 10.3 Å². The summed E-state index contributed by atoms with van der Waals surface area (Å²) in [6, 6.07) is 4.10. The van der Waals surface area contributed by atoms with Crippen LogP contribution in [0.2, 0.25) is 0 Å². The lowest BCUT2D eigenvalue weighted by Crippen LogP contribution is -2.41. The fourth-order valence-corrected chi connectivity index (χ4v) is 1.79. The quantitative estimate of drug-likeness (QED) is 0.831. The number of nitrogens with zero attached hydrogens (tertiary/aromatic N) is 1. The zero-order chi connectivity index (χ0) is 13.3. The fraction of sp³-hybridized carbons (Fsp3) is 0.333. The lowest BCUT2D eigenvalue weighted by atomic mass is 10.2. The van der Waals surface area contributed by atoms with E-state index in [2.05, 4.69) is 10.3 Å². The highest BCUT2D eigenvalue weighted by Crippen LogP contribution is 2.09. The topological polar surface area (TPSA) is 66.9 Å². The first kappa shape index (κ1) is 12.5. The zero-order valence-corrected chi connectivity index (χ0v) is 10.2. The smallest absolute Gasteiger partial charge is 0.315 e. The average molecular weight is 251 g/mol. The Hall–Kier alpha value is -1.95. The molecule has 0 aliphatic rings. The van der Waals surface area contributed by atoms with Crippen molar-refractivity contribution in [1.29, 1.82) is 0 Å². The molecule has 2 N–H and O–H groups in total. The van der Waals surface area contributed by atoms with Crippen LogP contribution in [0.15, 0.2) is 27.8 Å². The summed E-state index contributed by atoms with van der Waals surface area (Å²) in [5, 5.41) is 2.84. The molecule has 0 aliphatic heterocycles. The van der Waals surface area contributed by atoms with Gasteiger partial charge in [-0.05, 0) is 26.1 Å². The van der Waals surface area contributed by atoms with E-state index in [1.807, 2.05) is 6.92 Å². The predicted molar refractivity (Wildman–Crippen MR) is 67.3 cm³/mol. The van der Waals surface area contributed by atoms with E-state index in [1.165, 1.54) is 18.2 Å².